The molecule has 6 heteroatoms. The highest BCUT2D eigenvalue weighted by atomic mass is 79.9. The number of hydrogen-bond acceptors (Lipinski definition) is 2. The predicted molar refractivity (Wildman–Crippen MR) is 92.1 cm³/mol. The van der Waals surface area contributed by atoms with Gasteiger partial charge in [-0.1, -0.05) is 67.2 Å². The lowest BCUT2D eigenvalue weighted by Gasteiger charge is -2.18. The van der Waals surface area contributed by atoms with Gasteiger partial charge in [0.05, 0.1) is 16.1 Å². The van der Waals surface area contributed by atoms with Gasteiger partial charge >= 0.3 is 0 Å². The summed E-state index contributed by atoms with van der Waals surface area (Å²) < 4.78 is 1.97. The van der Waals surface area contributed by atoms with Crippen LogP contribution in [0, 0.1) is 0 Å². The van der Waals surface area contributed by atoms with Crippen LogP contribution in [0.5, 0.6) is 0 Å². The highest BCUT2D eigenvalue weighted by Gasteiger charge is 2.14. The van der Waals surface area contributed by atoms with Crippen LogP contribution in [-0.2, 0) is 6.42 Å². The third kappa shape index (κ3) is 3.97. The van der Waals surface area contributed by atoms with Crippen LogP contribution in [0.2, 0.25) is 10.0 Å². The SMILES string of the molecule is NNC(Cc1cccc(Cl)c1Cl)c1cc(Br)cc(Br)c1. The molecule has 2 aromatic carbocycles. The van der Waals surface area contributed by atoms with E-state index in [1.54, 1.807) is 6.07 Å². The van der Waals surface area contributed by atoms with E-state index in [2.05, 4.69) is 37.3 Å². The summed E-state index contributed by atoms with van der Waals surface area (Å²) in [4.78, 5) is 0. The Hall–Kier alpha value is -0.100. The molecule has 0 amide bonds. The van der Waals surface area contributed by atoms with E-state index in [0.717, 1.165) is 20.1 Å². The van der Waals surface area contributed by atoms with Crippen LogP contribution in [0.3, 0.4) is 0 Å². The van der Waals surface area contributed by atoms with Crippen molar-refractivity contribution in [1.29, 1.82) is 0 Å². The fourth-order valence-electron chi connectivity index (χ4n) is 1.98. The van der Waals surface area contributed by atoms with E-state index >= 15 is 0 Å². The Labute approximate surface area is 144 Å². The second-order valence-corrected chi connectivity index (χ2v) is 6.96. The van der Waals surface area contributed by atoms with Crippen LogP contribution in [0.15, 0.2) is 45.3 Å². The van der Waals surface area contributed by atoms with E-state index in [1.165, 1.54) is 0 Å². The summed E-state index contributed by atoms with van der Waals surface area (Å²) in [6.45, 7) is 0. The first-order valence-corrected chi connectivity index (χ1v) is 8.20. The first kappa shape index (κ1) is 16.3. The normalized spacial score (nSPS) is 12.4. The maximum absolute atomic E-state index is 6.23. The third-order valence-electron chi connectivity index (χ3n) is 2.94. The van der Waals surface area contributed by atoms with Gasteiger partial charge in [0, 0.05) is 8.95 Å². The zero-order valence-corrected chi connectivity index (χ0v) is 15.0. The maximum Gasteiger partial charge on any atom is 0.0624 e. The number of nitrogens with one attached hydrogen (secondary N) is 1. The Balaban J connectivity index is 2.31. The molecule has 0 bridgehead atoms. The van der Waals surface area contributed by atoms with Crippen LogP contribution in [-0.4, -0.2) is 0 Å². The van der Waals surface area contributed by atoms with Crippen molar-refractivity contribution in [1.82, 2.24) is 5.43 Å². The largest absolute Gasteiger partial charge is 0.271 e. The van der Waals surface area contributed by atoms with Gasteiger partial charge in [0.25, 0.3) is 0 Å². The molecule has 3 N–H and O–H groups in total. The van der Waals surface area contributed by atoms with E-state index in [4.69, 9.17) is 29.0 Å². The molecule has 2 aromatic rings. The molecule has 0 saturated heterocycles. The van der Waals surface area contributed by atoms with Gasteiger partial charge in [0.2, 0.25) is 0 Å². The van der Waals surface area contributed by atoms with Crippen LogP contribution >= 0.6 is 55.1 Å². The van der Waals surface area contributed by atoms with Crippen molar-refractivity contribution in [2.24, 2.45) is 5.84 Å². The van der Waals surface area contributed by atoms with Gasteiger partial charge in [-0.05, 0) is 41.8 Å². The van der Waals surface area contributed by atoms with E-state index < -0.39 is 0 Å². The molecule has 2 nitrogen and oxygen atoms in total. The zero-order chi connectivity index (χ0) is 14.7. The quantitative estimate of drug-likeness (QED) is 0.504. The molecule has 20 heavy (non-hydrogen) atoms. The van der Waals surface area contributed by atoms with Crippen LogP contribution < -0.4 is 11.3 Å². The van der Waals surface area contributed by atoms with Gasteiger partial charge in [-0.15, -0.1) is 0 Å². The predicted octanol–water partition coefficient (Wildman–Crippen LogP) is 5.27. The molecule has 0 spiro atoms. The lowest BCUT2D eigenvalue weighted by molar-refractivity contribution is 0.551. The Bertz CT molecular complexity index is 600. The van der Waals surface area contributed by atoms with Gasteiger partial charge in [-0.3, -0.25) is 11.3 Å². The fourth-order valence-corrected chi connectivity index (χ4v) is 3.70. The van der Waals surface area contributed by atoms with Crippen molar-refractivity contribution in [3.63, 3.8) is 0 Å². The summed E-state index contributed by atoms with van der Waals surface area (Å²) in [5.41, 5.74) is 4.84. The summed E-state index contributed by atoms with van der Waals surface area (Å²) in [7, 11) is 0. The number of rotatable bonds is 4. The standard InChI is InChI=1S/C14H12Br2Cl2N2/c15-10-4-9(5-11(16)7-10)13(20-19)6-8-2-1-3-12(17)14(8)18/h1-5,7,13,20H,6,19H2. The van der Waals surface area contributed by atoms with Crippen LogP contribution in [0.25, 0.3) is 0 Å². The van der Waals surface area contributed by atoms with E-state index in [-0.39, 0.29) is 6.04 Å². The average molecular weight is 439 g/mol. The second kappa shape index (κ2) is 7.25. The molecule has 0 aliphatic rings. The van der Waals surface area contributed by atoms with Gasteiger partial charge in [-0.2, -0.15) is 0 Å². The van der Waals surface area contributed by atoms with E-state index in [0.29, 0.717) is 16.5 Å². The fraction of sp³-hybridized carbons (Fsp3) is 0.143. The Morgan fingerprint density at radius 3 is 2.35 bits per heavy atom. The highest BCUT2D eigenvalue weighted by Crippen LogP contribution is 2.30. The van der Waals surface area contributed by atoms with E-state index in [9.17, 15) is 0 Å². The van der Waals surface area contributed by atoms with Crippen molar-refractivity contribution >= 4 is 55.1 Å². The van der Waals surface area contributed by atoms with Gasteiger partial charge < -0.3 is 0 Å². The topological polar surface area (TPSA) is 38.0 Å². The maximum atomic E-state index is 6.23. The summed E-state index contributed by atoms with van der Waals surface area (Å²) in [5.74, 6) is 5.68. The molecule has 0 radical (unpaired) electrons. The molecule has 0 fully saturated rings. The first-order chi connectivity index (χ1) is 9.51. The van der Waals surface area contributed by atoms with Crippen molar-refractivity contribution in [2.45, 2.75) is 12.5 Å². The smallest absolute Gasteiger partial charge is 0.0624 e. The Kier molecular flexibility index (Phi) is 5.90. The Morgan fingerprint density at radius 1 is 1.10 bits per heavy atom. The molecule has 0 saturated carbocycles. The highest BCUT2D eigenvalue weighted by molar-refractivity contribution is 9.11. The monoisotopic (exact) mass is 436 g/mol. The summed E-state index contributed by atoms with van der Waals surface area (Å²) in [5, 5.41) is 1.12. The minimum Gasteiger partial charge on any atom is -0.271 e. The number of hydrazine groups is 1. The number of hydrogen-bond donors (Lipinski definition) is 2. The summed E-state index contributed by atoms with van der Waals surface area (Å²) >= 11 is 19.2. The molecular weight excluding hydrogens is 427 g/mol. The first-order valence-electron chi connectivity index (χ1n) is 5.86. The van der Waals surface area contributed by atoms with Crippen molar-refractivity contribution in [2.75, 3.05) is 0 Å². The second-order valence-electron chi connectivity index (χ2n) is 4.34. The molecule has 0 aliphatic heterocycles. The molecule has 0 heterocycles. The number of nitrogens with two attached hydrogens (primary N) is 1. The molecular formula is C14H12Br2Cl2N2. The minimum atomic E-state index is -0.0558. The van der Waals surface area contributed by atoms with Gasteiger partial charge in [-0.25, -0.2) is 0 Å². The molecule has 2 rings (SSSR count). The van der Waals surface area contributed by atoms with Crippen LogP contribution in [0.1, 0.15) is 17.2 Å². The Morgan fingerprint density at radius 2 is 1.75 bits per heavy atom. The lowest BCUT2D eigenvalue weighted by Crippen LogP contribution is -2.29. The van der Waals surface area contributed by atoms with Crippen LogP contribution in [0.4, 0.5) is 0 Å². The third-order valence-corrected chi connectivity index (χ3v) is 4.72. The van der Waals surface area contributed by atoms with Crippen molar-refractivity contribution in [3.8, 4) is 0 Å². The van der Waals surface area contributed by atoms with Crippen molar-refractivity contribution < 1.29 is 0 Å². The summed E-state index contributed by atoms with van der Waals surface area (Å²) in [6.07, 6.45) is 0.652. The molecule has 106 valence electrons. The summed E-state index contributed by atoms with van der Waals surface area (Å²) in [6, 6.07) is 11.6. The lowest BCUT2D eigenvalue weighted by atomic mass is 9.99. The number of halogens is 4. The van der Waals surface area contributed by atoms with Crippen molar-refractivity contribution in [3.05, 3.63) is 66.5 Å². The van der Waals surface area contributed by atoms with Gasteiger partial charge in [0.1, 0.15) is 0 Å². The molecule has 1 unspecified atom stereocenters. The molecule has 1 atom stereocenters. The minimum absolute atomic E-state index is 0.0558. The van der Waals surface area contributed by atoms with Gasteiger partial charge in [0.15, 0.2) is 0 Å². The number of benzene rings is 2. The molecule has 0 aromatic heterocycles. The average Bonchev–Trinajstić information content (AvgIpc) is 2.39. The zero-order valence-electron chi connectivity index (χ0n) is 10.3. The van der Waals surface area contributed by atoms with E-state index in [1.807, 2.05) is 30.3 Å². The molecule has 0 aliphatic carbocycles.